The summed E-state index contributed by atoms with van der Waals surface area (Å²) in [5.41, 5.74) is 3.95. The van der Waals surface area contributed by atoms with Gasteiger partial charge in [0, 0.05) is 5.56 Å². The van der Waals surface area contributed by atoms with Gasteiger partial charge >= 0.3 is 0 Å². The standard InChI is InChI=1S/C11H12O/c1-8-5-9(2)7-11-10(6-8)3-4-12-11/h3-5,7H,6H2,1-2H3. The highest BCUT2D eigenvalue weighted by atomic mass is 16.3. The summed E-state index contributed by atoms with van der Waals surface area (Å²) in [7, 11) is 0. The lowest BCUT2D eigenvalue weighted by Gasteiger charge is -1.95. The van der Waals surface area contributed by atoms with Crippen LogP contribution in [0, 0.1) is 0 Å². The summed E-state index contributed by atoms with van der Waals surface area (Å²) >= 11 is 0. The van der Waals surface area contributed by atoms with Gasteiger partial charge in [-0.25, -0.2) is 0 Å². The Labute approximate surface area is 72.4 Å². The minimum Gasteiger partial charge on any atom is -0.465 e. The largest absolute Gasteiger partial charge is 0.465 e. The van der Waals surface area contributed by atoms with Crippen molar-refractivity contribution >= 4 is 6.08 Å². The fourth-order valence-corrected chi connectivity index (χ4v) is 1.61. The first-order valence-electron chi connectivity index (χ1n) is 4.17. The summed E-state index contributed by atoms with van der Waals surface area (Å²) in [6.45, 7) is 4.25. The molecule has 0 amide bonds. The molecule has 1 aromatic rings. The molecule has 0 radical (unpaired) electrons. The van der Waals surface area contributed by atoms with Crippen molar-refractivity contribution in [3.05, 3.63) is 40.9 Å². The zero-order valence-electron chi connectivity index (χ0n) is 7.42. The van der Waals surface area contributed by atoms with E-state index in [1.807, 2.05) is 6.07 Å². The highest BCUT2D eigenvalue weighted by Crippen LogP contribution is 2.22. The lowest BCUT2D eigenvalue weighted by Crippen LogP contribution is -1.83. The van der Waals surface area contributed by atoms with Gasteiger partial charge in [0.05, 0.1) is 6.26 Å². The van der Waals surface area contributed by atoms with Crippen LogP contribution in [-0.4, -0.2) is 0 Å². The van der Waals surface area contributed by atoms with Crippen molar-refractivity contribution in [1.29, 1.82) is 0 Å². The third-order valence-corrected chi connectivity index (χ3v) is 2.08. The minimum absolute atomic E-state index is 1.01. The van der Waals surface area contributed by atoms with Crippen molar-refractivity contribution in [2.45, 2.75) is 20.3 Å². The third-order valence-electron chi connectivity index (χ3n) is 2.08. The predicted octanol–water partition coefficient (Wildman–Crippen LogP) is 3.19. The van der Waals surface area contributed by atoms with Crippen LogP contribution in [0.5, 0.6) is 0 Å². The molecule has 1 heterocycles. The molecule has 0 aromatic carbocycles. The molecule has 1 heteroatoms. The maximum Gasteiger partial charge on any atom is 0.130 e. The second-order valence-corrected chi connectivity index (χ2v) is 3.37. The van der Waals surface area contributed by atoms with Gasteiger partial charge in [0.2, 0.25) is 0 Å². The van der Waals surface area contributed by atoms with E-state index in [1.165, 1.54) is 16.7 Å². The summed E-state index contributed by atoms with van der Waals surface area (Å²) in [4.78, 5) is 0. The SMILES string of the molecule is CC1=Cc2occc2CC(C)=C1. The maximum absolute atomic E-state index is 5.34. The number of rotatable bonds is 0. The molecule has 0 spiro atoms. The molecule has 1 aromatic heterocycles. The molecular formula is C11H12O. The Balaban J connectivity index is 2.52. The Morgan fingerprint density at radius 3 is 2.92 bits per heavy atom. The molecule has 12 heavy (non-hydrogen) atoms. The normalized spacial score (nSPS) is 16.2. The summed E-state index contributed by atoms with van der Waals surface area (Å²) in [5.74, 6) is 1.01. The molecule has 0 atom stereocenters. The molecule has 0 unspecified atom stereocenters. The zero-order valence-corrected chi connectivity index (χ0v) is 7.42. The van der Waals surface area contributed by atoms with E-state index in [2.05, 4.69) is 26.0 Å². The highest BCUT2D eigenvalue weighted by Gasteiger charge is 2.07. The molecule has 0 saturated heterocycles. The topological polar surface area (TPSA) is 13.1 Å². The highest BCUT2D eigenvalue weighted by molar-refractivity contribution is 5.57. The molecule has 1 nitrogen and oxygen atoms in total. The average Bonchev–Trinajstić information content (AvgIpc) is 2.31. The van der Waals surface area contributed by atoms with Crippen LogP contribution in [-0.2, 0) is 6.42 Å². The van der Waals surface area contributed by atoms with Crippen LogP contribution in [0.15, 0.2) is 34.0 Å². The van der Waals surface area contributed by atoms with E-state index in [0.29, 0.717) is 0 Å². The average molecular weight is 160 g/mol. The number of fused-ring (bicyclic) bond motifs is 1. The van der Waals surface area contributed by atoms with Crippen molar-refractivity contribution in [2.75, 3.05) is 0 Å². The Bertz CT molecular complexity index is 353. The van der Waals surface area contributed by atoms with Gasteiger partial charge in [0.1, 0.15) is 5.76 Å². The van der Waals surface area contributed by atoms with Gasteiger partial charge in [0.25, 0.3) is 0 Å². The monoisotopic (exact) mass is 160 g/mol. The minimum atomic E-state index is 1.01. The number of allylic oxidation sites excluding steroid dienone is 3. The number of hydrogen-bond donors (Lipinski definition) is 0. The van der Waals surface area contributed by atoms with E-state index in [-0.39, 0.29) is 0 Å². The number of hydrogen-bond acceptors (Lipinski definition) is 1. The van der Waals surface area contributed by atoms with E-state index in [0.717, 1.165) is 12.2 Å². The van der Waals surface area contributed by atoms with E-state index in [1.54, 1.807) is 6.26 Å². The van der Waals surface area contributed by atoms with Gasteiger partial charge in [-0.05, 0) is 38.0 Å². The van der Waals surface area contributed by atoms with Crippen LogP contribution in [0.2, 0.25) is 0 Å². The molecule has 2 rings (SSSR count). The fraction of sp³-hybridized carbons (Fsp3) is 0.273. The summed E-state index contributed by atoms with van der Waals surface area (Å²) in [5, 5.41) is 0. The van der Waals surface area contributed by atoms with Crippen LogP contribution >= 0.6 is 0 Å². The molecule has 0 bridgehead atoms. The molecule has 1 aliphatic rings. The van der Waals surface area contributed by atoms with E-state index >= 15 is 0 Å². The lowest BCUT2D eigenvalue weighted by atomic mass is 10.1. The number of furan rings is 1. The smallest absolute Gasteiger partial charge is 0.130 e. The van der Waals surface area contributed by atoms with Crippen LogP contribution < -0.4 is 0 Å². The first kappa shape index (κ1) is 7.41. The quantitative estimate of drug-likeness (QED) is 0.568. The van der Waals surface area contributed by atoms with Gasteiger partial charge in [-0.2, -0.15) is 0 Å². The first-order valence-corrected chi connectivity index (χ1v) is 4.17. The first-order chi connectivity index (χ1) is 5.75. The fourth-order valence-electron chi connectivity index (χ4n) is 1.61. The second kappa shape index (κ2) is 2.67. The molecule has 0 saturated carbocycles. The van der Waals surface area contributed by atoms with Crippen molar-refractivity contribution in [3.8, 4) is 0 Å². The van der Waals surface area contributed by atoms with Crippen molar-refractivity contribution in [2.24, 2.45) is 0 Å². The van der Waals surface area contributed by atoms with Gasteiger partial charge in [-0.15, -0.1) is 0 Å². The molecule has 0 aliphatic heterocycles. The summed E-state index contributed by atoms with van der Waals surface area (Å²) in [6.07, 6.45) is 7.06. The van der Waals surface area contributed by atoms with Gasteiger partial charge in [-0.1, -0.05) is 11.6 Å². The second-order valence-electron chi connectivity index (χ2n) is 3.37. The van der Waals surface area contributed by atoms with Crippen LogP contribution in [0.25, 0.3) is 6.08 Å². The lowest BCUT2D eigenvalue weighted by molar-refractivity contribution is 0.554. The molecule has 0 N–H and O–H groups in total. The molecule has 1 aliphatic carbocycles. The summed E-state index contributed by atoms with van der Waals surface area (Å²) in [6, 6.07) is 2.04. The van der Waals surface area contributed by atoms with Crippen molar-refractivity contribution < 1.29 is 4.42 Å². The third kappa shape index (κ3) is 1.22. The van der Waals surface area contributed by atoms with Gasteiger partial charge in [-0.3, -0.25) is 0 Å². The Hall–Kier alpha value is -1.24. The Morgan fingerprint density at radius 1 is 1.25 bits per heavy atom. The van der Waals surface area contributed by atoms with Crippen LogP contribution in [0.4, 0.5) is 0 Å². The van der Waals surface area contributed by atoms with Gasteiger partial charge < -0.3 is 4.42 Å². The maximum atomic E-state index is 5.34. The van der Waals surface area contributed by atoms with E-state index < -0.39 is 0 Å². The predicted molar refractivity (Wildman–Crippen MR) is 49.8 cm³/mol. The summed E-state index contributed by atoms with van der Waals surface area (Å²) < 4.78 is 5.34. The zero-order chi connectivity index (χ0) is 8.55. The van der Waals surface area contributed by atoms with Gasteiger partial charge in [0.15, 0.2) is 0 Å². The molecular weight excluding hydrogens is 148 g/mol. The Morgan fingerprint density at radius 2 is 2.08 bits per heavy atom. The molecule has 0 fully saturated rings. The molecule has 62 valence electrons. The van der Waals surface area contributed by atoms with Crippen molar-refractivity contribution in [1.82, 2.24) is 0 Å². The Kier molecular flexibility index (Phi) is 1.65. The van der Waals surface area contributed by atoms with E-state index in [9.17, 15) is 0 Å². The van der Waals surface area contributed by atoms with Crippen LogP contribution in [0.1, 0.15) is 25.2 Å². The van der Waals surface area contributed by atoms with Crippen LogP contribution in [0.3, 0.4) is 0 Å². The van der Waals surface area contributed by atoms with Crippen molar-refractivity contribution in [3.63, 3.8) is 0 Å². The van der Waals surface area contributed by atoms with E-state index in [4.69, 9.17) is 4.42 Å².